The number of nitrogens with zero attached hydrogens (tertiary/aromatic N) is 1. The van der Waals surface area contributed by atoms with Crippen molar-refractivity contribution in [2.75, 3.05) is 11.9 Å². The van der Waals surface area contributed by atoms with Crippen LogP contribution in [0.15, 0.2) is 24.3 Å². The lowest BCUT2D eigenvalue weighted by atomic mass is 9.81. The molecule has 1 N–H and O–H groups in total. The average Bonchev–Trinajstić information content (AvgIpc) is 2.80. The number of hydrogen-bond acceptors (Lipinski definition) is 5. The molecular weight excluding hydrogens is 312 g/mol. The fraction of sp³-hybridized carbons (Fsp3) is 0.412. The smallest absolute Gasteiger partial charge is 0.244 e. The van der Waals surface area contributed by atoms with Crippen molar-refractivity contribution in [3.63, 3.8) is 0 Å². The number of likely N-dealkylation sites (tertiary alicyclic amines) is 1. The Labute approximate surface area is 138 Å². The van der Waals surface area contributed by atoms with E-state index in [0.717, 1.165) is 17.7 Å². The van der Waals surface area contributed by atoms with Crippen LogP contribution in [0.2, 0.25) is 0 Å². The Morgan fingerprint density at radius 1 is 1.08 bits per heavy atom. The van der Waals surface area contributed by atoms with Gasteiger partial charge in [-0.05, 0) is 18.9 Å². The molecule has 1 aliphatic carbocycles. The van der Waals surface area contributed by atoms with Gasteiger partial charge in [0, 0.05) is 11.3 Å². The molecule has 3 rings (SSSR count). The Morgan fingerprint density at radius 3 is 2.25 bits per heavy atom. The number of hydrogen-bond donors (Lipinski definition) is 1. The number of anilines is 1. The van der Waals surface area contributed by atoms with Crippen LogP contribution in [0.5, 0.6) is 0 Å². The van der Waals surface area contributed by atoms with Crippen molar-refractivity contribution in [3.8, 4) is 0 Å². The largest absolute Gasteiger partial charge is 0.545 e. The van der Waals surface area contributed by atoms with Gasteiger partial charge in [-0.25, -0.2) is 0 Å². The van der Waals surface area contributed by atoms with Crippen LogP contribution < -0.4 is 10.4 Å². The summed E-state index contributed by atoms with van der Waals surface area (Å²) in [7, 11) is 0. The number of carbonyl (C=O) groups excluding carboxylic acids is 4. The number of rotatable bonds is 4. The molecule has 3 amide bonds. The molecule has 2 aliphatic rings. The van der Waals surface area contributed by atoms with E-state index in [4.69, 9.17) is 0 Å². The highest BCUT2D eigenvalue weighted by atomic mass is 16.4. The van der Waals surface area contributed by atoms with Crippen molar-refractivity contribution in [3.05, 3.63) is 29.8 Å². The Kier molecular flexibility index (Phi) is 4.33. The summed E-state index contributed by atoms with van der Waals surface area (Å²) in [6, 6.07) is 5.82. The highest BCUT2D eigenvalue weighted by molar-refractivity contribution is 6.09. The van der Waals surface area contributed by atoms with Crippen LogP contribution in [0.1, 0.15) is 36.0 Å². The molecule has 1 aromatic rings. The van der Waals surface area contributed by atoms with Crippen molar-refractivity contribution in [1.82, 2.24) is 4.90 Å². The number of carboxylic acids is 1. The van der Waals surface area contributed by atoms with Crippen molar-refractivity contribution < 1.29 is 24.3 Å². The second-order valence-electron chi connectivity index (χ2n) is 6.14. The summed E-state index contributed by atoms with van der Waals surface area (Å²) in [5.74, 6) is -3.24. The quantitative estimate of drug-likeness (QED) is 0.792. The molecule has 0 bridgehead atoms. The van der Waals surface area contributed by atoms with Gasteiger partial charge in [-0.2, -0.15) is 0 Å². The zero-order chi connectivity index (χ0) is 17.3. The third-order valence-electron chi connectivity index (χ3n) is 4.66. The minimum atomic E-state index is -1.41. The number of amides is 3. The molecule has 1 saturated heterocycles. The van der Waals surface area contributed by atoms with Crippen LogP contribution in [-0.2, 0) is 14.4 Å². The van der Waals surface area contributed by atoms with Crippen LogP contribution in [0, 0.1) is 11.8 Å². The van der Waals surface area contributed by atoms with Crippen LogP contribution in [0.4, 0.5) is 5.69 Å². The van der Waals surface area contributed by atoms with Gasteiger partial charge in [0.2, 0.25) is 17.7 Å². The first kappa shape index (κ1) is 16.2. The predicted molar refractivity (Wildman–Crippen MR) is 81.6 cm³/mol. The molecule has 1 heterocycles. The fourth-order valence-corrected chi connectivity index (χ4v) is 3.49. The number of benzene rings is 1. The summed E-state index contributed by atoms with van der Waals surface area (Å²) in [6.07, 6.45) is 3.19. The van der Waals surface area contributed by atoms with E-state index >= 15 is 0 Å². The monoisotopic (exact) mass is 329 g/mol. The molecule has 2 fully saturated rings. The van der Waals surface area contributed by atoms with Gasteiger partial charge in [-0.3, -0.25) is 19.3 Å². The van der Waals surface area contributed by atoms with Gasteiger partial charge in [0.05, 0.1) is 17.8 Å². The minimum absolute atomic E-state index is 0.0824. The standard InChI is InChI=1S/C17H18N2O5/c20-14(18-13-8-4-3-7-12(13)17(23)24)9-19-15(21)10-5-1-2-6-11(10)16(19)22/h3-4,7-8,10-11H,1-2,5-6,9H2,(H,18,20)(H,23,24)/p-1. The minimum Gasteiger partial charge on any atom is -0.545 e. The van der Waals surface area contributed by atoms with Gasteiger partial charge >= 0.3 is 0 Å². The maximum absolute atomic E-state index is 12.3. The lowest BCUT2D eigenvalue weighted by Gasteiger charge is -2.19. The number of carboxylic acid groups (broad SMARTS) is 1. The zero-order valence-electron chi connectivity index (χ0n) is 13.0. The van der Waals surface area contributed by atoms with E-state index in [1.807, 2.05) is 0 Å². The van der Waals surface area contributed by atoms with Gasteiger partial charge in [0.15, 0.2) is 0 Å². The Hall–Kier alpha value is -2.70. The number of aromatic carboxylic acids is 1. The third-order valence-corrected chi connectivity index (χ3v) is 4.66. The molecular formula is C17H17N2O5-. The second kappa shape index (κ2) is 6.43. The van der Waals surface area contributed by atoms with Gasteiger partial charge in [-0.15, -0.1) is 0 Å². The van der Waals surface area contributed by atoms with Crippen LogP contribution >= 0.6 is 0 Å². The van der Waals surface area contributed by atoms with E-state index in [2.05, 4.69) is 5.32 Å². The molecule has 7 heteroatoms. The van der Waals surface area contributed by atoms with Crippen LogP contribution in [0.3, 0.4) is 0 Å². The van der Waals surface area contributed by atoms with E-state index in [0.29, 0.717) is 12.8 Å². The third kappa shape index (κ3) is 2.89. The van der Waals surface area contributed by atoms with Gasteiger partial charge in [0.1, 0.15) is 6.54 Å². The molecule has 0 radical (unpaired) electrons. The fourth-order valence-electron chi connectivity index (χ4n) is 3.49. The van der Waals surface area contributed by atoms with Gasteiger partial charge in [-0.1, -0.05) is 31.0 Å². The summed E-state index contributed by atoms with van der Waals surface area (Å²) in [6.45, 7) is -0.397. The van der Waals surface area contributed by atoms with E-state index < -0.39 is 18.4 Å². The van der Waals surface area contributed by atoms with Crippen molar-refractivity contribution in [2.45, 2.75) is 25.7 Å². The molecule has 0 aromatic heterocycles. The Morgan fingerprint density at radius 2 is 1.67 bits per heavy atom. The zero-order valence-corrected chi connectivity index (χ0v) is 13.0. The average molecular weight is 329 g/mol. The van der Waals surface area contributed by atoms with Gasteiger partial charge < -0.3 is 15.2 Å². The second-order valence-corrected chi connectivity index (χ2v) is 6.14. The van der Waals surface area contributed by atoms with E-state index in [9.17, 15) is 24.3 Å². The molecule has 2 atom stereocenters. The highest BCUT2D eigenvalue weighted by Crippen LogP contribution is 2.37. The summed E-state index contributed by atoms with van der Waals surface area (Å²) in [5.41, 5.74) is -0.0717. The first-order valence-electron chi connectivity index (χ1n) is 7.94. The predicted octanol–water partition coefficient (Wildman–Crippen LogP) is 0.164. The molecule has 1 aromatic carbocycles. The molecule has 2 unspecified atom stereocenters. The first-order valence-corrected chi connectivity index (χ1v) is 7.94. The number of fused-ring (bicyclic) bond motifs is 1. The lowest BCUT2D eigenvalue weighted by Crippen LogP contribution is -2.38. The Balaban J connectivity index is 1.70. The number of imide groups is 1. The van der Waals surface area contributed by atoms with Crippen molar-refractivity contribution >= 4 is 29.4 Å². The number of para-hydroxylation sites is 1. The number of nitrogens with one attached hydrogen (secondary N) is 1. The maximum atomic E-state index is 12.3. The molecule has 1 aliphatic heterocycles. The Bertz CT molecular complexity index is 691. The van der Waals surface area contributed by atoms with E-state index in [-0.39, 0.29) is 34.9 Å². The van der Waals surface area contributed by atoms with E-state index in [1.54, 1.807) is 6.07 Å². The van der Waals surface area contributed by atoms with E-state index in [1.165, 1.54) is 18.2 Å². The van der Waals surface area contributed by atoms with Crippen LogP contribution in [0.25, 0.3) is 0 Å². The SMILES string of the molecule is O=C(CN1C(=O)C2CCCCC2C1=O)Nc1ccccc1C(=O)[O-]. The molecule has 1 saturated carbocycles. The summed E-state index contributed by atoms with van der Waals surface area (Å²) in [5, 5.41) is 13.5. The normalized spacial score (nSPS) is 23.1. The molecule has 0 spiro atoms. The maximum Gasteiger partial charge on any atom is 0.244 e. The van der Waals surface area contributed by atoms with Crippen LogP contribution in [-0.4, -0.2) is 35.1 Å². The number of carbonyl (C=O) groups is 4. The summed E-state index contributed by atoms with van der Waals surface area (Å²) >= 11 is 0. The highest BCUT2D eigenvalue weighted by Gasteiger charge is 2.48. The van der Waals surface area contributed by atoms with Crippen molar-refractivity contribution in [2.24, 2.45) is 11.8 Å². The molecule has 24 heavy (non-hydrogen) atoms. The summed E-state index contributed by atoms with van der Waals surface area (Å²) in [4.78, 5) is 48.9. The van der Waals surface area contributed by atoms with Crippen molar-refractivity contribution in [1.29, 1.82) is 0 Å². The molecule has 126 valence electrons. The lowest BCUT2D eigenvalue weighted by molar-refractivity contribution is -0.254. The van der Waals surface area contributed by atoms with Gasteiger partial charge in [0.25, 0.3) is 0 Å². The topological polar surface area (TPSA) is 107 Å². The summed E-state index contributed by atoms with van der Waals surface area (Å²) < 4.78 is 0. The molecule has 7 nitrogen and oxygen atoms in total. The first-order chi connectivity index (χ1) is 11.5.